The van der Waals surface area contributed by atoms with Crippen LogP contribution in [0.5, 0.6) is 0 Å². The lowest BCUT2D eigenvalue weighted by Crippen LogP contribution is -2.43. The van der Waals surface area contributed by atoms with Crippen molar-refractivity contribution in [2.24, 2.45) is 0 Å². The molecule has 0 saturated heterocycles. The molecule has 1 amide bonds. The number of hydrogen-bond donors (Lipinski definition) is 1. The van der Waals surface area contributed by atoms with Crippen LogP contribution in [0.2, 0.25) is 0 Å². The largest absolute Gasteiger partial charge is 0.468 e. The molecule has 0 heterocycles. The smallest absolute Gasteiger partial charge is 0.319 e. The molecular weight excluding hydrogens is 220 g/mol. The van der Waals surface area contributed by atoms with Gasteiger partial charge < -0.3 is 10.1 Å². The van der Waals surface area contributed by atoms with Crippen molar-refractivity contribution in [3.05, 3.63) is 0 Å². The summed E-state index contributed by atoms with van der Waals surface area (Å²) in [5.41, 5.74) is 0. The van der Waals surface area contributed by atoms with Crippen LogP contribution in [0.3, 0.4) is 0 Å². The molecule has 0 aliphatic carbocycles. The van der Waals surface area contributed by atoms with Gasteiger partial charge in [0.1, 0.15) is 0 Å². The van der Waals surface area contributed by atoms with Gasteiger partial charge in [-0.15, -0.1) is 0 Å². The van der Waals surface area contributed by atoms with E-state index in [4.69, 9.17) is 0 Å². The van der Waals surface area contributed by atoms with Crippen molar-refractivity contribution in [3.8, 4) is 0 Å². The molecule has 1 N–H and O–H groups in total. The van der Waals surface area contributed by atoms with Gasteiger partial charge >= 0.3 is 5.97 Å². The molecular formula is C12H24N2O3. The Morgan fingerprint density at radius 2 is 1.94 bits per heavy atom. The third kappa shape index (κ3) is 7.74. The average Bonchev–Trinajstić information content (AvgIpc) is 2.28. The van der Waals surface area contributed by atoms with Crippen LogP contribution in [0, 0.1) is 0 Å². The predicted molar refractivity (Wildman–Crippen MR) is 66.6 cm³/mol. The Balaban J connectivity index is 4.06. The Bertz CT molecular complexity index is 242. The minimum Gasteiger partial charge on any atom is -0.468 e. The van der Waals surface area contributed by atoms with E-state index < -0.39 is 0 Å². The van der Waals surface area contributed by atoms with Gasteiger partial charge in [-0.05, 0) is 20.3 Å². The van der Waals surface area contributed by atoms with Crippen LogP contribution in [-0.4, -0.2) is 49.6 Å². The van der Waals surface area contributed by atoms with Crippen molar-refractivity contribution in [1.82, 2.24) is 10.2 Å². The van der Waals surface area contributed by atoms with Crippen LogP contribution >= 0.6 is 0 Å². The molecule has 0 unspecified atom stereocenters. The maximum Gasteiger partial charge on any atom is 0.319 e. The van der Waals surface area contributed by atoms with Crippen LogP contribution in [0.1, 0.15) is 33.6 Å². The molecule has 0 fully saturated rings. The van der Waals surface area contributed by atoms with E-state index in [1.807, 2.05) is 13.8 Å². The molecule has 5 nitrogen and oxygen atoms in total. The van der Waals surface area contributed by atoms with Crippen molar-refractivity contribution in [2.45, 2.75) is 39.7 Å². The number of ether oxygens (including phenoxy) is 1. The molecule has 5 heteroatoms. The minimum absolute atomic E-state index is 0.0453. The SMILES string of the molecule is CCCCNC(=O)CN(CC(=O)OC)C(C)C. The number of hydrogen-bond acceptors (Lipinski definition) is 4. The normalized spacial score (nSPS) is 10.7. The molecule has 0 aromatic carbocycles. The zero-order valence-electron chi connectivity index (χ0n) is 11.3. The molecule has 0 aliphatic heterocycles. The van der Waals surface area contributed by atoms with Crippen molar-refractivity contribution >= 4 is 11.9 Å². The number of carbonyl (C=O) groups excluding carboxylic acids is 2. The molecule has 0 saturated carbocycles. The Morgan fingerprint density at radius 1 is 1.29 bits per heavy atom. The van der Waals surface area contributed by atoms with Crippen molar-refractivity contribution in [3.63, 3.8) is 0 Å². The summed E-state index contributed by atoms with van der Waals surface area (Å²) in [6, 6.07) is 0.131. The number of amides is 1. The topological polar surface area (TPSA) is 58.6 Å². The summed E-state index contributed by atoms with van der Waals surface area (Å²) >= 11 is 0. The van der Waals surface area contributed by atoms with Crippen molar-refractivity contribution in [2.75, 3.05) is 26.7 Å². The summed E-state index contributed by atoms with van der Waals surface area (Å²) < 4.78 is 4.60. The summed E-state index contributed by atoms with van der Waals surface area (Å²) in [7, 11) is 1.35. The lowest BCUT2D eigenvalue weighted by Gasteiger charge is -2.24. The van der Waals surface area contributed by atoms with Gasteiger partial charge in [0.15, 0.2) is 0 Å². The number of rotatable bonds is 8. The molecule has 0 aromatic rings. The van der Waals surface area contributed by atoms with Gasteiger partial charge in [0.05, 0.1) is 20.2 Å². The van der Waals surface area contributed by atoms with E-state index in [-0.39, 0.29) is 31.0 Å². The number of methoxy groups -OCH3 is 1. The first kappa shape index (κ1) is 15.9. The van der Waals surface area contributed by atoms with Crippen LogP contribution in [0.15, 0.2) is 0 Å². The van der Waals surface area contributed by atoms with Crippen LogP contribution in [-0.2, 0) is 14.3 Å². The van der Waals surface area contributed by atoms with Crippen molar-refractivity contribution < 1.29 is 14.3 Å². The van der Waals surface area contributed by atoms with E-state index in [1.54, 1.807) is 4.90 Å². The van der Waals surface area contributed by atoms with Gasteiger partial charge in [-0.2, -0.15) is 0 Å². The summed E-state index contributed by atoms with van der Waals surface area (Å²) in [5, 5.41) is 2.83. The summed E-state index contributed by atoms with van der Waals surface area (Å²) in [6.07, 6.45) is 2.03. The second-order valence-corrected chi connectivity index (χ2v) is 4.28. The molecule has 0 radical (unpaired) electrons. The minimum atomic E-state index is -0.319. The zero-order chi connectivity index (χ0) is 13.3. The zero-order valence-corrected chi connectivity index (χ0v) is 11.3. The highest BCUT2D eigenvalue weighted by atomic mass is 16.5. The van der Waals surface area contributed by atoms with Crippen LogP contribution < -0.4 is 5.32 Å². The fraction of sp³-hybridized carbons (Fsp3) is 0.833. The second kappa shape index (κ2) is 8.98. The third-order valence-corrected chi connectivity index (χ3v) is 2.49. The van der Waals surface area contributed by atoms with Gasteiger partial charge in [-0.1, -0.05) is 13.3 Å². The average molecular weight is 244 g/mol. The monoisotopic (exact) mass is 244 g/mol. The molecule has 17 heavy (non-hydrogen) atoms. The summed E-state index contributed by atoms with van der Waals surface area (Å²) in [6.45, 7) is 7.04. The highest BCUT2D eigenvalue weighted by molar-refractivity contribution is 5.79. The van der Waals surface area contributed by atoms with E-state index in [9.17, 15) is 9.59 Å². The molecule has 0 aromatic heterocycles. The quantitative estimate of drug-likeness (QED) is 0.506. The van der Waals surface area contributed by atoms with Crippen molar-refractivity contribution in [1.29, 1.82) is 0 Å². The van der Waals surface area contributed by atoms with Gasteiger partial charge in [0.25, 0.3) is 0 Å². The molecule has 0 aliphatic rings. The maximum absolute atomic E-state index is 11.6. The fourth-order valence-electron chi connectivity index (χ4n) is 1.30. The standard InChI is InChI=1S/C12H24N2O3/c1-5-6-7-13-11(15)8-14(10(2)3)9-12(16)17-4/h10H,5-9H2,1-4H3,(H,13,15). The van der Waals surface area contributed by atoms with E-state index in [0.717, 1.165) is 12.8 Å². The first-order valence-electron chi connectivity index (χ1n) is 6.08. The third-order valence-electron chi connectivity index (χ3n) is 2.49. The molecule has 0 spiro atoms. The van der Waals surface area contributed by atoms with Gasteiger partial charge in [-0.3, -0.25) is 14.5 Å². The number of esters is 1. The first-order chi connectivity index (χ1) is 8.01. The summed E-state index contributed by atoms with van der Waals surface area (Å²) in [4.78, 5) is 24.6. The Hall–Kier alpha value is -1.10. The molecule has 0 atom stereocenters. The first-order valence-corrected chi connectivity index (χ1v) is 6.08. The van der Waals surface area contributed by atoms with E-state index in [1.165, 1.54) is 7.11 Å². The van der Waals surface area contributed by atoms with Gasteiger partial charge in [0, 0.05) is 12.6 Å². The molecule has 0 bridgehead atoms. The van der Waals surface area contributed by atoms with Crippen LogP contribution in [0.4, 0.5) is 0 Å². The number of unbranched alkanes of at least 4 members (excludes halogenated alkanes) is 1. The van der Waals surface area contributed by atoms with Crippen LogP contribution in [0.25, 0.3) is 0 Å². The molecule has 0 rings (SSSR count). The Labute approximate surface area is 103 Å². The number of carbonyl (C=O) groups is 2. The summed E-state index contributed by atoms with van der Waals surface area (Å²) in [5.74, 6) is -0.365. The van der Waals surface area contributed by atoms with E-state index in [2.05, 4.69) is 17.0 Å². The van der Waals surface area contributed by atoms with Gasteiger partial charge in [-0.25, -0.2) is 0 Å². The Morgan fingerprint density at radius 3 is 2.41 bits per heavy atom. The van der Waals surface area contributed by atoms with E-state index >= 15 is 0 Å². The highest BCUT2D eigenvalue weighted by Crippen LogP contribution is 1.98. The lowest BCUT2D eigenvalue weighted by atomic mass is 10.3. The lowest BCUT2D eigenvalue weighted by molar-refractivity contribution is -0.142. The maximum atomic E-state index is 11.6. The second-order valence-electron chi connectivity index (χ2n) is 4.28. The molecule has 100 valence electrons. The number of nitrogens with one attached hydrogen (secondary N) is 1. The fourth-order valence-corrected chi connectivity index (χ4v) is 1.30. The highest BCUT2D eigenvalue weighted by Gasteiger charge is 2.17. The van der Waals surface area contributed by atoms with E-state index in [0.29, 0.717) is 6.54 Å². The Kier molecular flexibility index (Phi) is 8.40. The number of nitrogens with zero attached hydrogens (tertiary/aromatic N) is 1. The predicted octanol–water partition coefficient (Wildman–Crippen LogP) is 0.786. The van der Waals surface area contributed by atoms with Gasteiger partial charge in [0.2, 0.25) is 5.91 Å².